The van der Waals surface area contributed by atoms with Gasteiger partial charge in [-0.15, -0.1) is 0 Å². The predicted molar refractivity (Wildman–Crippen MR) is 98.6 cm³/mol. The van der Waals surface area contributed by atoms with Crippen molar-refractivity contribution in [2.75, 3.05) is 20.2 Å². The summed E-state index contributed by atoms with van der Waals surface area (Å²) < 4.78 is 5.20. The summed E-state index contributed by atoms with van der Waals surface area (Å²) in [5.74, 6) is 1.74. The average molecular weight is 331 g/mol. The Morgan fingerprint density at radius 3 is 2.88 bits per heavy atom. The first-order valence-corrected chi connectivity index (χ1v) is 8.79. The van der Waals surface area contributed by atoms with Gasteiger partial charge in [-0.1, -0.05) is 11.6 Å². The van der Waals surface area contributed by atoms with E-state index >= 15 is 0 Å². The standard InChI is InChI=1S/C19H29N3O2/c1-3-20-19(21-12-11-15-7-5-4-6-8-15)22-14-16-13-17(24-2)9-10-18(16)23/h7,9-10,13,23H,3-6,8,11-12,14H2,1-2H3,(H2,20,21,22). The number of phenolic OH excluding ortho intramolecular Hbond substituents is 1. The molecule has 0 spiro atoms. The third-order valence-electron chi connectivity index (χ3n) is 4.16. The Morgan fingerprint density at radius 2 is 2.17 bits per heavy atom. The van der Waals surface area contributed by atoms with Crippen LogP contribution < -0.4 is 15.4 Å². The van der Waals surface area contributed by atoms with Crippen LogP contribution in [0, 0.1) is 0 Å². The van der Waals surface area contributed by atoms with E-state index in [4.69, 9.17) is 4.74 Å². The van der Waals surface area contributed by atoms with Gasteiger partial charge in [0.15, 0.2) is 5.96 Å². The van der Waals surface area contributed by atoms with Crippen LogP contribution in [0.4, 0.5) is 0 Å². The molecule has 5 heteroatoms. The number of phenols is 1. The minimum Gasteiger partial charge on any atom is -0.508 e. The number of guanidine groups is 1. The molecular weight excluding hydrogens is 302 g/mol. The molecule has 3 N–H and O–H groups in total. The lowest BCUT2D eigenvalue weighted by Crippen LogP contribution is -2.37. The number of hydrogen-bond acceptors (Lipinski definition) is 3. The molecule has 0 atom stereocenters. The van der Waals surface area contributed by atoms with Crippen LogP contribution in [0.15, 0.2) is 34.8 Å². The van der Waals surface area contributed by atoms with Crippen LogP contribution in [-0.4, -0.2) is 31.3 Å². The van der Waals surface area contributed by atoms with E-state index in [0.29, 0.717) is 6.54 Å². The molecule has 0 unspecified atom stereocenters. The summed E-state index contributed by atoms with van der Waals surface area (Å²) in [6.45, 7) is 4.13. The topological polar surface area (TPSA) is 65.9 Å². The summed E-state index contributed by atoms with van der Waals surface area (Å²) in [6.07, 6.45) is 8.53. The van der Waals surface area contributed by atoms with Gasteiger partial charge in [0.25, 0.3) is 0 Å². The van der Waals surface area contributed by atoms with Crippen LogP contribution in [0.2, 0.25) is 0 Å². The van der Waals surface area contributed by atoms with E-state index in [1.54, 1.807) is 24.8 Å². The van der Waals surface area contributed by atoms with Crippen molar-refractivity contribution in [3.63, 3.8) is 0 Å². The lowest BCUT2D eigenvalue weighted by atomic mass is 9.97. The smallest absolute Gasteiger partial charge is 0.191 e. The molecule has 0 radical (unpaired) electrons. The predicted octanol–water partition coefficient (Wildman–Crippen LogP) is 3.35. The van der Waals surface area contributed by atoms with E-state index in [2.05, 4.69) is 21.7 Å². The molecule has 1 aromatic rings. The minimum absolute atomic E-state index is 0.239. The summed E-state index contributed by atoms with van der Waals surface area (Å²) >= 11 is 0. The first-order chi connectivity index (χ1) is 11.7. The number of aliphatic imine (C=N–C) groups is 1. The highest BCUT2D eigenvalue weighted by Crippen LogP contribution is 2.23. The molecule has 132 valence electrons. The Morgan fingerprint density at radius 1 is 1.29 bits per heavy atom. The Balaban J connectivity index is 1.91. The first-order valence-electron chi connectivity index (χ1n) is 8.79. The van der Waals surface area contributed by atoms with Gasteiger partial charge < -0.3 is 20.5 Å². The van der Waals surface area contributed by atoms with Crippen molar-refractivity contribution in [2.45, 2.75) is 45.6 Å². The first kappa shape index (κ1) is 18.2. The summed E-state index contributed by atoms with van der Waals surface area (Å²) in [4.78, 5) is 4.56. The van der Waals surface area contributed by atoms with E-state index in [-0.39, 0.29) is 5.75 Å². The van der Waals surface area contributed by atoms with Gasteiger partial charge in [0.05, 0.1) is 13.7 Å². The molecule has 2 rings (SSSR count). The fourth-order valence-electron chi connectivity index (χ4n) is 2.79. The van der Waals surface area contributed by atoms with Crippen molar-refractivity contribution in [1.82, 2.24) is 10.6 Å². The molecule has 1 aliphatic carbocycles. The van der Waals surface area contributed by atoms with Crippen molar-refractivity contribution < 1.29 is 9.84 Å². The zero-order valence-electron chi connectivity index (χ0n) is 14.8. The number of methoxy groups -OCH3 is 1. The van der Waals surface area contributed by atoms with Gasteiger partial charge in [0.1, 0.15) is 11.5 Å². The lowest BCUT2D eigenvalue weighted by Gasteiger charge is -2.15. The normalized spacial score (nSPS) is 14.9. The maximum atomic E-state index is 9.95. The molecule has 0 amide bonds. The number of ether oxygens (including phenoxy) is 1. The number of aromatic hydroxyl groups is 1. The van der Waals surface area contributed by atoms with Gasteiger partial charge in [0, 0.05) is 18.7 Å². The molecule has 1 aliphatic rings. The highest BCUT2D eigenvalue weighted by molar-refractivity contribution is 5.79. The van der Waals surface area contributed by atoms with Crippen LogP contribution >= 0.6 is 0 Å². The highest BCUT2D eigenvalue weighted by Gasteiger charge is 2.06. The monoisotopic (exact) mass is 331 g/mol. The maximum absolute atomic E-state index is 9.95. The summed E-state index contributed by atoms with van der Waals surface area (Å²) in [6, 6.07) is 5.19. The molecule has 0 bridgehead atoms. The van der Waals surface area contributed by atoms with E-state index in [1.807, 2.05) is 13.0 Å². The van der Waals surface area contributed by atoms with E-state index in [0.717, 1.165) is 36.8 Å². The second-order valence-electron chi connectivity index (χ2n) is 5.97. The zero-order chi connectivity index (χ0) is 17.2. The molecule has 0 saturated heterocycles. The Hall–Kier alpha value is -2.17. The van der Waals surface area contributed by atoms with Crippen LogP contribution in [-0.2, 0) is 6.54 Å². The Bertz CT molecular complexity index is 582. The van der Waals surface area contributed by atoms with Crippen LogP contribution in [0.3, 0.4) is 0 Å². The average Bonchev–Trinajstić information content (AvgIpc) is 2.61. The van der Waals surface area contributed by atoms with Crippen LogP contribution in [0.5, 0.6) is 11.5 Å². The molecule has 0 saturated carbocycles. The number of benzene rings is 1. The second kappa shape index (κ2) is 9.85. The van der Waals surface area contributed by atoms with E-state index in [9.17, 15) is 5.11 Å². The van der Waals surface area contributed by atoms with Crippen LogP contribution in [0.25, 0.3) is 0 Å². The molecule has 5 nitrogen and oxygen atoms in total. The largest absolute Gasteiger partial charge is 0.508 e. The number of allylic oxidation sites excluding steroid dienone is 1. The highest BCUT2D eigenvalue weighted by atomic mass is 16.5. The minimum atomic E-state index is 0.239. The lowest BCUT2D eigenvalue weighted by molar-refractivity contribution is 0.411. The molecule has 0 aromatic heterocycles. The van der Waals surface area contributed by atoms with Crippen molar-refractivity contribution >= 4 is 5.96 Å². The summed E-state index contributed by atoms with van der Waals surface area (Å²) in [5, 5.41) is 16.6. The molecule has 24 heavy (non-hydrogen) atoms. The molecular formula is C19H29N3O2. The zero-order valence-corrected chi connectivity index (χ0v) is 14.8. The fraction of sp³-hybridized carbons (Fsp3) is 0.526. The number of nitrogens with zero attached hydrogens (tertiary/aromatic N) is 1. The number of hydrogen-bond donors (Lipinski definition) is 3. The third-order valence-corrected chi connectivity index (χ3v) is 4.16. The number of nitrogens with one attached hydrogen (secondary N) is 2. The summed E-state index contributed by atoms with van der Waals surface area (Å²) in [7, 11) is 1.62. The van der Waals surface area contributed by atoms with Gasteiger partial charge in [-0.3, -0.25) is 0 Å². The number of rotatable bonds is 7. The van der Waals surface area contributed by atoms with Gasteiger partial charge in [-0.2, -0.15) is 0 Å². The van der Waals surface area contributed by atoms with E-state index < -0.39 is 0 Å². The fourth-order valence-corrected chi connectivity index (χ4v) is 2.79. The third kappa shape index (κ3) is 5.80. The second-order valence-corrected chi connectivity index (χ2v) is 5.97. The van der Waals surface area contributed by atoms with Crippen molar-refractivity contribution in [1.29, 1.82) is 0 Å². The van der Waals surface area contributed by atoms with Crippen LogP contribution in [0.1, 0.15) is 44.6 Å². The summed E-state index contributed by atoms with van der Waals surface area (Å²) in [5.41, 5.74) is 2.30. The van der Waals surface area contributed by atoms with Crippen molar-refractivity contribution in [3.8, 4) is 11.5 Å². The molecule has 0 aliphatic heterocycles. The van der Waals surface area contributed by atoms with Gasteiger partial charge in [-0.25, -0.2) is 4.99 Å². The van der Waals surface area contributed by atoms with Gasteiger partial charge in [0.2, 0.25) is 0 Å². The Labute approximate surface area is 144 Å². The van der Waals surface area contributed by atoms with Crippen molar-refractivity contribution in [2.24, 2.45) is 4.99 Å². The van der Waals surface area contributed by atoms with Gasteiger partial charge in [-0.05, 0) is 57.2 Å². The Kier molecular flexibility index (Phi) is 7.46. The van der Waals surface area contributed by atoms with Crippen molar-refractivity contribution in [3.05, 3.63) is 35.4 Å². The maximum Gasteiger partial charge on any atom is 0.191 e. The molecule has 0 fully saturated rings. The molecule has 1 aromatic carbocycles. The quantitative estimate of drug-likeness (QED) is 0.407. The van der Waals surface area contributed by atoms with Gasteiger partial charge >= 0.3 is 0 Å². The SMILES string of the molecule is CCNC(=NCc1cc(OC)ccc1O)NCCC1=CCCCC1. The van der Waals surface area contributed by atoms with E-state index in [1.165, 1.54) is 25.7 Å². The molecule has 0 heterocycles.